The van der Waals surface area contributed by atoms with E-state index in [4.69, 9.17) is 4.74 Å². The van der Waals surface area contributed by atoms with Crippen molar-refractivity contribution in [3.8, 4) is 0 Å². The Bertz CT molecular complexity index is 757. The van der Waals surface area contributed by atoms with Gasteiger partial charge in [0.25, 0.3) is 0 Å². The fourth-order valence-electron chi connectivity index (χ4n) is 3.40. The molecular formula is C23H23NO2S. The van der Waals surface area contributed by atoms with Gasteiger partial charge in [-0.15, -0.1) is 0 Å². The normalized spacial score (nSPS) is 12.4. The van der Waals surface area contributed by atoms with Crippen molar-refractivity contribution >= 4 is 18.6 Å². The zero-order valence-electron chi connectivity index (χ0n) is 15.2. The molecule has 3 aromatic carbocycles. The highest BCUT2D eigenvalue weighted by Crippen LogP contribution is 2.37. The first kappa shape index (κ1) is 19.2. The van der Waals surface area contributed by atoms with Crippen LogP contribution in [0.5, 0.6) is 0 Å². The molecular weight excluding hydrogens is 354 g/mol. The van der Waals surface area contributed by atoms with Gasteiger partial charge in [-0.25, -0.2) is 0 Å². The molecule has 27 heavy (non-hydrogen) atoms. The van der Waals surface area contributed by atoms with Crippen molar-refractivity contribution in [1.82, 2.24) is 5.32 Å². The number of carbonyl (C=O) groups is 1. The van der Waals surface area contributed by atoms with Crippen molar-refractivity contribution in [3.05, 3.63) is 108 Å². The van der Waals surface area contributed by atoms with Crippen LogP contribution in [0.15, 0.2) is 91.0 Å². The molecule has 4 heteroatoms. The SMILES string of the molecule is COC(=O)[C@H](CS)NC(c1ccccc1)(c1ccccc1)c1ccccc1. The van der Waals surface area contributed by atoms with Gasteiger partial charge in [-0.3, -0.25) is 10.1 Å². The zero-order valence-corrected chi connectivity index (χ0v) is 16.1. The van der Waals surface area contributed by atoms with Crippen LogP contribution in [0.1, 0.15) is 16.7 Å². The first-order valence-corrected chi connectivity index (χ1v) is 9.48. The van der Waals surface area contributed by atoms with Gasteiger partial charge in [0.15, 0.2) is 0 Å². The van der Waals surface area contributed by atoms with Gasteiger partial charge in [-0.05, 0) is 16.7 Å². The van der Waals surface area contributed by atoms with Gasteiger partial charge >= 0.3 is 5.97 Å². The highest BCUT2D eigenvalue weighted by molar-refractivity contribution is 7.80. The quantitative estimate of drug-likeness (QED) is 0.371. The van der Waals surface area contributed by atoms with Gasteiger partial charge in [0, 0.05) is 5.75 Å². The lowest BCUT2D eigenvalue weighted by Crippen LogP contribution is -2.53. The highest BCUT2D eigenvalue weighted by Gasteiger charge is 2.39. The molecule has 0 aliphatic rings. The summed E-state index contributed by atoms with van der Waals surface area (Å²) in [5.74, 6) is -0.0156. The summed E-state index contributed by atoms with van der Waals surface area (Å²) >= 11 is 4.39. The van der Waals surface area contributed by atoms with Crippen LogP contribution in [0.25, 0.3) is 0 Å². The molecule has 3 rings (SSSR count). The average Bonchev–Trinajstić information content (AvgIpc) is 2.76. The molecule has 0 heterocycles. The molecule has 1 N–H and O–H groups in total. The molecule has 0 spiro atoms. The predicted molar refractivity (Wildman–Crippen MR) is 112 cm³/mol. The van der Waals surface area contributed by atoms with Crippen LogP contribution in [0.4, 0.5) is 0 Å². The van der Waals surface area contributed by atoms with Crippen LogP contribution in [0.3, 0.4) is 0 Å². The Hall–Kier alpha value is -2.56. The molecule has 3 nitrogen and oxygen atoms in total. The maximum absolute atomic E-state index is 12.4. The van der Waals surface area contributed by atoms with Crippen molar-refractivity contribution in [2.45, 2.75) is 11.6 Å². The van der Waals surface area contributed by atoms with Crippen molar-refractivity contribution in [3.63, 3.8) is 0 Å². The fraction of sp³-hybridized carbons (Fsp3) is 0.174. The lowest BCUT2D eigenvalue weighted by molar-refractivity contribution is -0.142. The van der Waals surface area contributed by atoms with E-state index >= 15 is 0 Å². The molecule has 3 aromatic rings. The van der Waals surface area contributed by atoms with Gasteiger partial charge in [-0.1, -0.05) is 91.0 Å². The van der Waals surface area contributed by atoms with E-state index in [1.165, 1.54) is 7.11 Å². The summed E-state index contributed by atoms with van der Waals surface area (Å²) in [6.07, 6.45) is 0. The zero-order chi connectivity index (χ0) is 19.1. The van der Waals surface area contributed by atoms with Crippen molar-refractivity contribution in [1.29, 1.82) is 0 Å². The molecule has 0 saturated heterocycles. The summed E-state index contributed by atoms with van der Waals surface area (Å²) in [6.45, 7) is 0. The highest BCUT2D eigenvalue weighted by atomic mass is 32.1. The smallest absolute Gasteiger partial charge is 0.323 e. The van der Waals surface area contributed by atoms with Gasteiger partial charge in [-0.2, -0.15) is 12.6 Å². The summed E-state index contributed by atoms with van der Waals surface area (Å²) in [4.78, 5) is 12.4. The molecule has 0 saturated carbocycles. The lowest BCUT2D eigenvalue weighted by Gasteiger charge is -2.39. The number of hydrogen-bond donors (Lipinski definition) is 2. The summed E-state index contributed by atoms with van der Waals surface area (Å²) in [5, 5.41) is 3.57. The predicted octanol–water partition coefficient (Wildman–Crippen LogP) is 4.04. The minimum atomic E-state index is -0.717. The minimum Gasteiger partial charge on any atom is -0.468 e. The van der Waals surface area contributed by atoms with Crippen LogP contribution in [0, 0.1) is 0 Å². The first-order valence-electron chi connectivity index (χ1n) is 8.85. The third-order valence-electron chi connectivity index (χ3n) is 4.68. The number of nitrogens with one attached hydrogen (secondary N) is 1. The van der Waals surface area contributed by atoms with Crippen molar-refractivity contribution < 1.29 is 9.53 Å². The van der Waals surface area contributed by atoms with E-state index in [-0.39, 0.29) is 5.97 Å². The second-order valence-corrected chi connectivity index (χ2v) is 6.62. The Morgan fingerprint density at radius 3 is 1.52 bits per heavy atom. The number of thiol groups is 1. The standard InChI is InChI=1S/C23H23NO2S/c1-26-22(25)21(17-27)24-23(18-11-5-2-6-12-18,19-13-7-3-8-14-19)20-15-9-4-10-16-20/h2-16,21,24,27H,17H2,1H3/t21-/m0/s1. The molecule has 0 bridgehead atoms. The summed E-state index contributed by atoms with van der Waals surface area (Å²) in [7, 11) is 1.40. The largest absolute Gasteiger partial charge is 0.468 e. The third-order valence-corrected chi connectivity index (χ3v) is 5.04. The first-order chi connectivity index (χ1) is 13.2. The van der Waals surface area contributed by atoms with Crippen molar-refractivity contribution in [2.24, 2.45) is 0 Å². The van der Waals surface area contributed by atoms with Crippen LogP contribution < -0.4 is 5.32 Å². The van der Waals surface area contributed by atoms with Crippen LogP contribution >= 0.6 is 12.6 Å². The molecule has 0 fully saturated rings. The van der Waals surface area contributed by atoms with E-state index in [2.05, 4.69) is 54.3 Å². The number of ether oxygens (including phenoxy) is 1. The fourth-order valence-corrected chi connectivity index (χ4v) is 3.64. The number of hydrogen-bond acceptors (Lipinski definition) is 4. The van der Waals surface area contributed by atoms with E-state index in [0.717, 1.165) is 16.7 Å². The monoisotopic (exact) mass is 377 g/mol. The maximum Gasteiger partial charge on any atom is 0.323 e. The Kier molecular flexibility index (Phi) is 6.32. The Balaban J connectivity index is 2.27. The average molecular weight is 378 g/mol. The molecule has 0 aliphatic heterocycles. The minimum absolute atomic E-state index is 0.320. The van der Waals surface area contributed by atoms with Crippen LogP contribution in [-0.4, -0.2) is 24.9 Å². The maximum atomic E-state index is 12.4. The van der Waals surface area contributed by atoms with E-state index < -0.39 is 11.6 Å². The lowest BCUT2D eigenvalue weighted by atomic mass is 9.76. The van der Waals surface area contributed by atoms with Gasteiger partial charge in [0.2, 0.25) is 0 Å². The Morgan fingerprint density at radius 2 is 1.22 bits per heavy atom. The van der Waals surface area contributed by atoms with Crippen LogP contribution in [0.2, 0.25) is 0 Å². The molecule has 0 unspecified atom stereocenters. The van der Waals surface area contributed by atoms with Gasteiger partial charge < -0.3 is 4.74 Å². The molecule has 0 aliphatic carbocycles. The van der Waals surface area contributed by atoms with Crippen molar-refractivity contribution in [2.75, 3.05) is 12.9 Å². The molecule has 138 valence electrons. The number of methoxy groups -OCH3 is 1. The molecule has 0 amide bonds. The second kappa shape index (κ2) is 8.89. The third kappa shape index (κ3) is 3.92. The number of rotatable bonds is 7. The number of carbonyl (C=O) groups excluding carboxylic acids is 1. The molecule has 1 atom stereocenters. The van der Waals surface area contributed by atoms with Crippen LogP contribution in [-0.2, 0) is 15.1 Å². The molecule has 0 radical (unpaired) electrons. The Labute approximate surface area is 165 Å². The van der Waals surface area contributed by atoms with E-state index in [9.17, 15) is 4.79 Å². The summed E-state index contributed by atoms with van der Waals surface area (Å²) in [6, 6.07) is 29.8. The van der Waals surface area contributed by atoms with E-state index in [1.54, 1.807) is 0 Å². The Morgan fingerprint density at radius 1 is 0.852 bits per heavy atom. The van der Waals surface area contributed by atoms with Gasteiger partial charge in [0.05, 0.1) is 12.6 Å². The number of esters is 1. The van der Waals surface area contributed by atoms with Gasteiger partial charge in [0.1, 0.15) is 6.04 Å². The number of benzene rings is 3. The topological polar surface area (TPSA) is 38.3 Å². The second-order valence-electron chi connectivity index (χ2n) is 6.25. The molecule has 0 aromatic heterocycles. The van der Waals surface area contributed by atoms with E-state index in [1.807, 2.05) is 54.6 Å². The summed E-state index contributed by atoms with van der Waals surface area (Å²) in [5.41, 5.74) is 2.40. The van der Waals surface area contributed by atoms with E-state index in [0.29, 0.717) is 5.75 Å². The summed E-state index contributed by atoms with van der Waals surface area (Å²) < 4.78 is 5.01.